The molecule has 0 aliphatic carbocycles. The Hall–Kier alpha value is -3.74. The van der Waals surface area contributed by atoms with Crippen LogP contribution >= 0.6 is 0 Å². The van der Waals surface area contributed by atoms with Gasteiger partial charge in [-0.1, -0.05) is 0 Å². The second-order valence-corrected chi connectivity index (χ2v) is 8.79. The molecule has 4 heterocycles. The number of aromatic nitrogens is 4. The molecule has 1 aromatic carbocycles. The van der Waals surface area contributed by atoms with Gasteiger partial charge in [-0.15, -0.1) is 13.2 Å². The monoisotopic (exact) mass is 504 g/mol. The van der Waals surface area contributed by atoms with Gasteiger partial charge in [0.05, 0.1) is 12.2 Å². The first-order valence-electron chi connectivity index (χ1n) is 11.6. The Bertz CT molecular complexity index is 1190. The van der Waals surface area contributed by atoms with Crippen LogP contribution in [0.5, 0.6) is 11.8 Å². The molecular weight excluding hydrogens is 477 g/mol. The molecule has 1 fully saturated rings. The van der Waals surface area contributed by atoms with Crippen LogP contribution in [0.25, 0.3) is 0 Å². The number of rotatable bonds is 6. The Balaban J connectivity index is 1.13. The molecule has 0 spiro atoms. The average Bonchev–Trinajstić information content (AvgIpc) is 3.22. The van der Waals surface area contributed by atoms with E-state index in [0.29, 0.717) is 57.1 Å². The van der Waals surface area contributed by atoms with Gasteiger partial charge in [-0.2, -0.15) is 4.98 Å². The van der Waals surface area contributed by atoms with E-state index in [1.165, 1.54) is 12.1 Å². The first kappa shape index (κ1) is 24.0. The SMILES string of the molecule is Cc1nc(N2CCN(c3ccc(OC(F)(F)F)cc3)CC2)ncc1CNC1COc2nc(N)cn2C1. The topological polar surface area (TPSA) is 107 Å². The zero-order valence-electron chi connectivity index (χ0n) is 19.7. The van der Waals surface area contributed by atoms with Crippen LogP contribution in [0.2, 0.25) is 0 Å². The van der Waals surface area contributed by atoms with Crippen molar-refractivity contribution in [1.29, 1.82) is 0 Å². The lowest BCUT2D eigenvalue weighted by Gasteiger charge is -2.36. The Morgan fingerprint density at radius 3 is 2.53 bits per heavy atom. The molecular formula is C23H27F3N8O2. The van der Waals surface area contributed by atoms with Crippen LogP contribution < -0.4 is 30.3 Å². The van der Waals surface area contributed by atoms with Crippen LogP contribution in [-0.4, -0.2) is 64.7 Å². The maximum absolute atomic E-state index is 12.4. The van der Waals surface area contributed by atoms with Crippen LogP contribution in [0, 0.1) is 6.92 Å². The number of piperazine rings is 1. The molecule has 13 heteroatoms. The largest absolute Gasteiger partial charge is 0.573 e. The van der Waals surface area contributed by atoms with Gasteiger partial charge < -0.3 is 30.3 Å². The van der Waals surface area contributed by atoms with E-state index in [-0.39, 0.29) is 11.8 Å². The van der Waals surface area contributed by atoms with E-state index in [1.54, 1.807) is 18.3 Å². The summed E-state index contributed by atoms with van der Waals surface area (Å²) in [4.78, 5) is 17.7. The number of fused-ring (bicyclic) bond motifs is 1. The fourth-order valence-electron chi connectivity index (χ4n) is 4.34. The van der Waals surface area contributed by atoms with Crippen LogP contribution in [0.15, 0.2) is 36.7 Å². The van der Waals surface area contributed by atoms with Gasteiger partial charge in [0.25, 0.3) is 6.01 Å². The van der Waals surface area contributed by atoms with Gasteiger partial charge in [0.1, 0.15) is 18.2 Å². The van der Waals surface area contributed by atoms with Gasteiger partial charge in [0, 0.05) is 62.4 Å². The molecule has 192 valence electrons. The van der Waals surface area contributed by atoms with Gasteiger partial charge in [0.15, 0.2) is 0 Å². The summed E-state index contributed by atoms with van der Waals surface area (Å²) in [6, 6.07) is 6.60. The molecule has 2 aromatic heterocycles. The highest BCUT2D eigenvalue weighted by atomic mass is 19.4. The Morgan fingerprint density at radius 2 is 1.83 bits per heavy atom. The minimum absolute atomic E-state index is 0.118. The Labute approximate surface area is 205 Å². The van der Waals surface area contributed by atoms with E-state index in [2.05, 4.69) is 29.8 Å². The summed E-state index contributed by atoms with van der Waals surface area (Å²) < 4.78 is 48.6. The zero-order chi connectivity index (χ0) is 25.3. The van der Waals surface area contributed by atoms with Crippen molar-refractivity contribution in [1.82, 2.24) is 24.8 Å². The zero-order valence-corrected chi connectivity index (χ0v) is 19.7. The van der Waals surface area contributed by atoms with Crippen molar-refractivity contribution in [2.24, 2.45) is 0 Å². The Kier molecular flexibility index (Phi) is 6.48. The highest BCUT2D eigenvalue weighted by Gasteiger charge is 2.31. The van der Waals surface area contributed by atoms with Gasteiger partial charge in [-0.25, -0.2) is 9.97 Å². The van der Waals surface area contributed by atoms with Crippen molar-refractivity contribution in [2.75, 3.05) is 48.3 Å². The molecule has 5 rings (SSSR count). The molecule has 3 aromatic rings. The normalized spacial score (nSPS) is 18.1. The molecule has 1 unspecified atom stereocenters. The predicted molar refractivity (Wildman–Crippen MR) is 127 cm³/mol. The first-order valence-corrected chi connectivity index (χ1v) is 11.6. The second-order valence-electron chi connectivity index (χ2n) is 8.79. The summed E-state index contributed by atoms with van der Waals surface area (Å²) in [5.41, 5.74) is 8.49. The van der Waals surface area contributed by atoms with Crippen molar-refractivity contribution >= 4 is 17.5 Å². The molecule has 2 aliphatic heterocycles. The fraction of sp³-hybridized carbons (Fsp3) is 0.435. The molecule has 1 atom stereocenters. The van der Waals surface area contributed by atoms with Crippen LogP contribution in [0.1, 0.15) is 11.3 Å². The lowest BCUT2D eigenvalue weighted by molar-refractivity contribution is -0.274. The number of nitrogens with two attached hydrogens (primary N) is 1. The summed E-state index contributed by atoms with van der Waals surface area (Å²) in [5.74, 6) is 0.889. The molecule has 0 amide bonds. The molecule has 0 bridgehead atoms. The first-order chi connectivity index (χ1) is 17.2. The minimum Gasteiger partial charge on any atom is -0.463 e. The van der Waals surface area contributed by atoms with Crippen molar-refractivity contribution in [3.63, 3.8) is 0 Å². The van der Waals surface area contributed by atoms with Crippen molar-refractivity contribution in [2.45, 2.75) is 32.4 Å². The maximum atomic E-state index is 12.4. The number of imidazole rings is 1. The standard InChI is InChI=1S/C23H27F3N8O2/c1-15-16(10-28-17-12-34-13-20(27)31-22(34)35-14-17)11-29-21(30-15)33-8-6-32(7-9-33)18-2-4-19(5-3-18)36-23(24,25)26/h2-5,11,13,17,28H,6-10,12,14,27H2,1H3. The second kappa shape index (κ2) is 9.72. The quantitative estimate of drug-likeness (QED) is 0.523. The summed E-state index contributed by atoms with van der Waals surface area (Å²) in [6.07, 6.45) is -1.08. The third-order valence-corrected chi connectivity index (χ3v) is 6.24. The third kappa shape index (κ3) is 5.56. The van der Waals surface area contributed by atoms with Crippen molar-refractivity contribution < 1.29 is 22.6 Å². The molecule has 0 radical (unpaired) electrons. The third-order valence-electron chi connectivity index (χ3n) is 6.24. The fourth-order valence-corrected chi connectivity index (χ4v) is 4.34. The van der Waals surface area contributed by atoms with Crippen LogP contribution in [0.3, 0.4) is 0 Å². The highest BCUT2D eigenvalue weighted by molar-refractivity contribution is 5.51. The number of benzene rings is 1. The van der Waals surface area contributed by atoms with Crippen LogP contribution in [0.4, 0.5) is 30.6 Å². The predicted octanol–water partition coefficient (Wildman–Crippen LogP) is 2.34. The average molecular weight is 505 g/mol. The van der Waals surface area contributed by atoms with Crippen molar-refractivity contribution in [3.05, 3.63) is 47.9 Å². The Morgan fingerprint density at radius 1 is 1.11 bits per heavy atom. The number of nitrogens with one attached hydrogen (secondary N) is 1. The van der Waals surface area contributed by atoms with E-state index in [0.717, 1.165) is 23.5 Å². The van der Waals surface area contributed by atoms with Crippen LogP contribution in [-0.2, 0) is 13.1 Å². The van der Waals surface area contributed by atoms with Gasteiger partial charge in [0.2, 0.25) is 5.95 Å². The van der Waals surface area contributed by atoms with E-state index < -0.39 is 6.36 Å². The molecule has 36 heavy (non-hydrogen) atoms. The summed E-state index contributed by atoms with van der Waals surface area (Å²) in [5, 5.41) is 3.48. The smallest absolute Gasteiger partial charge is 0.463 e. The minimum atomic E-state index is -4.69. The number of anilines is 3. The number of aryl methyl sites for hydroxylation is 1. The van der Waals surface area contributed by atoms with Gasteiger partial charge in [-0.3, -0.25) is 4.57 Å². The highest BCUT2D eigenvalue weighted by Crippen LogP contribution is 2.26. The van der Waals surface area contributed by atoms with Gasteiger partial charge >= 0.3 is 6.36 Å². The van der Waals surface area contributed by atoms with E-state index in [4.69, 9.17) is 15.5 Å². The number of halogens is 3. The number of alkyl halides is 3. The lowest BCUT2D eigenvalue weighted by atomic mass is 10.2. The number of hydrogen-bond donors (Lipinski definition) is 2. The summed E-state index contributed by atoms with van der Waals surface area (Å²) in [6.45, 7) is 6.62. The molecule has 2 aliphatic rings. The molecule has 10 nitrogen and oxygen atoms in total. The van der Waals surface area contributed by atoms with E-state index >= 15 is 0 Å². The summed E-state index contributed by atoms with van der Waals surface area (Å²) in [7, 11) is 0. The number of ether oxygens (including phenoxy) is 2. The van der Waals surface area contributed by atoms with E-state index in [1.807, 2.05) is 17.7 Å². The number of nitrogen functional groups attached to an aromatic ring is 1. The molecule has 0 saturated carbocycles. The molecule has 1 saturated heterocycles. The van der Waals surface area contributed by atoms with Crippen molar-refractivity contribution in [3.8, 4) is 11.8 Å². The number of hydrogen-bond acceptors (Lipinski definition) is 9. The van der Waals surface area contributed by atoms with Gasteiger partial charge in [-0.05, 0) is 31.2 Å². The summed E-state index contributed by atoms with van der Waals surface area (Å²) >= 11 is 0. The lowest BCUT2D eigenvalue weighted by Crippen LogP contribution is -2.47. The maximum Gasteiger partial charge on any atom is 0.573 e. The number of nitrogens with zero attached hydrogens (tertiary/aromatic N) is 6. The molecule has 3 N–H and O–H groups in total. The van der Waals surface area contributed by atoms with E-state index in [9.17, 15) is 13.2 Å².